The van der Waals surface area contributed by atoms with Crippen LogP contribution in [0.15, 0.2) is 54.6 Å². The summed E-state index contributed by atoms with van der Waals surface area (Å²) in [5.41, 5.74) is 7.58. The molecule has 5 heteroatoms. The average molecular weight is 353 g/mol. The molecule has 0 aliphatic rings. The fourth-order valence-electron chi connectivity index (χ4n) is 2.51. The van der Waals surface area contributed by atoms with Crippen molar-refractivity contribution < 1.29 is 9.50 Å². The molecule has 0 radical (unpaired) electrons. The van der Waals surface area contributed by atoms with Crippen molar-refractivity contribution in [3.63, 3.8) is 0 Å². The third-order valence-electron chi connectivity index (χ3n) is 4.11. The van der Waals surface area contributed by atoms with Gasteiger partial charge in [-0.05, 0) is 43.5 Å². The van der Waals surface area contributed by atoms with Gasteiger partial charge in [0.05, 0.1) is 6.10 Å². The van der Waals surface area contributed by atoms with Crippen LogP contribution in [0, 0.1) is 5.82 Å². The topological polar surface area (TPSA) is 58.3 Å². The average Bonchev–Trinajstić information content (AvgIpc) is 2.53. The van der Waals surface area contributed by atoms with E-state index >= 15 is 0 Å². The number of aliphatic hydroxyl groups excluding tert-OH is 1. The lowest BCUT2D eigenvalue weighted by Gasteiger charge is -2.30. The first kappa shape index (κ1) is 20.6. The van der Waals surface area contributed by atoms with E-state index in [1.54, 1.807) is 6.07 Å². The maximum Gasteiger partial charge on any atom is 0.123 e. The van der Waals surface area contributed by atoms with Crippen molar-refractivity contribution >= 4 is 12.4 Å². The zero-order chi connectivity index (χ0) is 16.9. The van der Waals surface area contributed by atoms with Gasteiger partial charge in [0, 0.05) is 18.1 Å². The molecule has 3 nitrogen and oxygen atoms in total. The van der Waals surface area contributed by atoms with Crippen LogP contribution in [0.2, 0.25) is 0 Å². The van der Waals surface area contributed by atoms with Gasteiger partial charge in [0.15, 0.2) is 0 Å². The molecule has 0 bridgehead atoms. The molecule has 0 aliphatic heterocycles. The quantitative estimate of drug-likeness (QED) is 0.718. The zero-order valence-electron chi connectivity index (χ0n) is 14.1. The molecule has 0 fully saturated rings. The van der Waals surface area contributed by atoms with Gasteiger partial charge in [-0.1, -0.05) is 42.5 Å². The van der Waals surface area contributed by atoms with Crippen molar-refractivity contribution in [1.29, 1.82) is 0 Å². The Morgan fingerprint density at radius 3 is 2.42 bits per heavy atom. The first-order valence-corrected chi connectivity index (χ1v) is 7.87. The Morgan fingerprint density at radius 2 is 1.79 bits per heavy atom. The minimum absolute atomic E-state index is 0. The lowest BCUT2D eigenvalue weighted by Crippen LogP contribution is -2.48. The molecule has 0 aromatic heterocycles. The van der Waals surface area contributed by atoms with Gasteiger partial charge in [0.1, 0.15) is 5.82 Å². The molecule has 24 heavy (non-hydrogen) atoms. The van der Waals surface area contributed by atoms with Crippen molar-refractivity contribution in [2.45, 2.75) is 38.0 Å². The molecule has 0 spiro atoms. The van der Waals surface area contributed by atoms with Crippen LogP contribution in [-0.2, 0) is 12.0 Å². The number of halogens is 2. The Kier molecular flexibility index (Phi) is 7.84. The number of nitrogens with two attached hydrogens (primary N) is 1. The van der Waals surface area contributed by atoms with Crippen LogP contribution in [0.25, 0.3) is 0 Å². The first-order chi connectivity index (χ1) is 10.9. The lowest BCUT2D eigenvalue weighted by molar-refractivity contribution is 0.131. The second-order valence-corrected chi connectivity index (χ2v) is 6.44. The molecule has 0 unspecified atom stereocenters. The van der Waals surface area contributed by atoms with E-state index in [2.05, 4.69) is 5.32 Å². The molecular formula is C19H26ClFN2O. The van der Waals surface area contributed by atoms with Crippen LogP contribution in [-0.4, -0.2) is 23.8 Å². The summed E-state index contributed by atoms with van der Waals surface area (Å²) in [4.78, 5) is 0. The highest BCUT2D eigenvalue weighted by Gasteiger charge is 2.23. The van der Waals surface area contributed by atoms with E-state index in [-0.39, 0.29) is 24.3 Å². The molecule has 2 atom stereocenters. The van der Waals surface area contributed by atoms with E-state index in [1.807, 2.05) is 50.2 Å². The Bertz CT molecular complexity index is 622. The van der Waals surface area contributed by atoms with Crippen LogP contribution in [0.4, 0.5) is 4.39 Å². The van der Waals surface area contributed by atoms with E-state index in [0.717, 1.165) is 11.1 Å². The van der Waals surface area contributed by atoms with Gasteiger partial charge >= 0.3 is 0 Å². The minimum Gasteiger partial charge on any atom is -0.390 e. The predicted molar refractivity (Wildman–Crippen MR) is 98.8 cm³/mol. The number of benzene rings is 2. The molecule has 0 saturated carbocycles. The number of rotatable bonds is 7. The monoisotopic (exact) mass is 352 g/mol. The summed E-state index contributed by atoms with van der Waals surface area (Å²) in [6.45, 7) is 4.26. The third kappa shape index (κ3) is 5.87. The number of aliphatic hydroxyl groups is 1. The highest BCUT2D eigenvalue weighted by Crippen LogP contribution is 2.20. The minimum atomic E-state index is -0.678. The molecule has 2 rings (SSSR count). The second-order valence-electron chi connectivity index (χ2n) is 6.44. The second kappa shape index (κ2) is 9.14. The number of hydrogen-bond donors (Lipinski definition) is 3. The molecule has 0 heterocycles. The van der Waals surface area contributed by atoms with Gasteiger partial charge in [-0.25, -0.2) is 4.39 Å². The summed E-state index contributed by atoms with van der Waals surface area (Å²) in [6.07, 6.45) is -0.0626. The Balaban J connectivity index is 0.00000288. The van der Waals surface area contributed by atoms with Gasteiger partial charge in [-0.3, -0.25) is 0 Å². The Hall–Kier alpha value is -1.46. The summed E-state index contributed by atoms with van der Waals surface area (Å²) in [6, 6.07) is 16.0. The first-order valence-electron chi connectivity index (χ1n) is 7.87. The van der Waals surface area contributed by atoms with E-state index in [1.165, 1.54) is 12.1 Å². The molecule has 2 aromatic rings. The fourth-order valence-corrected chi connectivity index (χ4v) is 2.51. The lowest BCUT2D eigenvalue weighted by atomic mass is 9.93. The van der Waals surface area contributed by atoms with E-state index < -0.39 is 11.6 Å². The smallest absolute Gasteiger partial charge is 0.123 e. The van der Waals surface area contributed by atoms with Gasteiger partial charge in [-0.2, -0.15) is 0 Å². The van der Waals surface area contributed by atoms with Gasteiger partial charge in [-0.15, -0.1) is 12.4 Å². The number of nitrogens with one attached hydrogen (secondary N) is 1. The SMILES string of the molecule is CC(C)(NC[C@@H](O)[C@@H](N)Cc1ccccc1)c1cccc(F)c1.Cl. The van der Waals surface area contributed by atoms with Crippen LogP contribution in [0.3, 0.4) is 0 Å². The van der Waals surface area contributed by atoms with Crippen molar-refractivity contribution in [3.8, 4) is 0 Å². The Labute approximate surface area is 149 Å². The fraction of sp³-hybridized carbons (Fsp3) is 0.368. The van der Waals surface area contributed by atoms with E-state index in [4.69, 9.17) is 5.73 Å². The van der Waals surface area contributed by atoms with Gasteiger partial charge in [0.25, 0.3) is 0 Å². The summed E-state index contributed by atoms with van der Waals surface area (Å²) < 4.78 is 13.4. The van der Waals surface area contributed by atoms with Crippen molar-refractivity contribution in [3.05, 3.63) is 71.5 Å². The number of hydrogen-bond acceptors (Lipinski definition) is 3. The van der Waals surface area contributed by atoms with Gasteiger partial charge < -0.3 is 16.2 Å². The largest absolute Gasteiger partial charge is 0.390 e. The molecule has 0 saturated heterocycles. The van der Waals surface area contributed by atoms with Crippen molar-refractivity contribution in [2.75, 3.05) is 6.54 Å². The van der Waals surface area contributed by atoms with Crippen molar-refractivity contribution in [2.24, 2.45) is 5.73 Å². The standard InChI is InChI=1S/C19H25FN2O.ClH/c1-19(2,15-9-6-10-16(20)12-15)22-13-18(23)17(21)11-14-7-4-3-5-8-14;/h3-10,12,17-18,22-23H,11,13,21H2,1-2H3;1H/t17-,18+;/m0./s1. The van der Waals surface area contributed by atoms with Crippen LogP contribution in [0.5, 0.6) is 0 Å². The third-order valence-corrected chi connectivity index (χ3v) is 4.11. The molecule has 0 aliphatic carbocycles. The maximum absolute atomic E-state index is 13.4. The molecule has 132 valence electrons. The van der Waals surface area contributed by atoms with E-state index in [0.29, 0.717) is 13.0 Å². The summed E-state index contributed by atoms with van der Waals surface area (Å²) in [5.74, 6) is -0.265. The molecule has 4 N–H and O–H groups in total. The molecule has 2 aromatic carbocycles. The molecule has 0 amide bonds. The zero-order valence-corrected chi connectivity index (χ0v) is 14.9. The van der Waals surface area contributed by atoms with Crippen LogP contribution in [0.1, 0.15) is 25.0 Å². The highest BCUT2D eigenvalue weighted by atomic mass is 35.5. The Morgan fingerprint density at radius 1 is 1.12 bits per heavy atom. The van der Waals surface area contributed by atoms with Crippen LogP contribution < -0.4 is 11.1 Å². The molecular weight excluding hydrogens is 327 g/mol. The summed E-state index contributed by atoms with van der Waals surface area (Å²) >= 11 is 0. The normalized spacial score (nSPS) is 13.9. The summed E-state index contributed by atoms with van der Waals surface area (Å²) in [7, 11) is 0. The van der Waals surface area contributed by atoms with Crippen LogP contribution >= 0.6 is 12.4 Å². The van der Waals surface area contributed by atoms with Gasteiger partial charge in [0.2, 0.25) is 0 Å². The van der Waals surface area contributed by atoms with Crippen molar-refractivity contribution in [1.82, 2.24) is 5.32 Å². The summed E-state index contributed by atoms with van der Waals surface area (Å²) in [5, 5.41) is 13.6. The maximum atomic E-state index is 13.4. The highest BCUT2D eigenvalue weighted by molar-refractivity contribution is 5.85. The predicted octanol–water partition coefficient (Wildman–Crippen LogP) is 3.00. The van der Waals surface area contributed by atoms with E-state index in [9.17, 15) is 9.50 Å².